The van der Waals surface area contributed by atoms with Gasteiger partial charge >= 0.3 is 0 Å². The van der Waals surface area contributed by atoms with E-state index in [-0.39, 0.29) is 11.6 Å². The molecule has 2 aromatic rings. The minimum absolute atomic E-state index is 0.141. The molecule has 0 atom stereocenters. The monoisotopic (exact) mass is 267 g/mol. The van der Waals surface area contributed by atoms with E-state index < -0.39 is 0 Å². The van der Waals surface area contributed by atoms with Gasteiger partial charge in [0.25, 0.3) is 0 Å². The second-order valence-corrected chi connectivity index (χ2v) is 5.22. The number of fused-ring (bicyclic) bond motifs is 1. The highest BCUT2D eigenvalue weighted by molar-refractivity contribution is 6.35. The average molecular weight is 268 g/mol. The van der Waals surface area contributed by atoms with Crippen molar-refractivity contribution in [3.05, 3.63) is 34.7 Å². The highest BCUT2D eigenvalue weighted by atomic mass is 35.5. The van der Waals surface area contributed by atoms with Gasteiger partial charge in [-0.2, -0.15) is 0 Å². The Hall–Kier alpha value is -1.35. The van der Waals surface area contributed by atoms with Gasteiger partial charge in [-0.05, 0) is 18.9 Å². The van der Waals surface area contributed by atoms with E-state index in [1.54, 1.807) is 16.7 Å². The standard InChI is InChI=1S/C14H15ClFNO/c1-8(2)7-17-13-10(5-4-6-11(13)16)12(9(3)18)14(17)15/h4-6,8H,7H2,1-3H3. The first-order valence-corrected chi connectivity index (χ1v) is 6.28. The lowest BCUT2D eigenvalue weighted by Gasteiger charge is -2.10. The summed E-state index contributed by atoms with van der Waals surface area (Å²) >= 11 is 6.24. The molecule has 0 unspecified atom stereocenters. The van der Waals surface area contributed by atoms with Crippen LogP contribution in [-0.4, -0.2) is 10.4 Å². The first-order chi connectivity index (χ1) is 8.43. The highest BCUT2D eigenvalue weighted by Gasteiger charge is 2.21. The fourth-order valence-corrected chi connectivity index (χ4v) is 2.60. The van der Waals surface area contributed by atoms with E-state index >= 15 is 0 Å². The van der Waals surface area contributed by atoms with Crippen LogP contribution in [0, 0.1) is 11.7 Å². The molecule has 0 fully saturated rings. The van der Waals surface area contributed by atoms with Gasteiger partial charge in [-0.15, -0.1) is 0 Å². The fourth-order valence-electron chi connectivity index (χ4n) is 2.21. The van der Waals surface area contributed by atoms with E-state index in [9.17, 15) is 9.18 Å². The third-order valence-corrected chi connectivity index (χ3v) is 3.26. The number of para-hydroxylation sites is 1. The SMILES string of the molecule is CC(=O)c1c(Cl)n(CC(C)C)c2c(F)cccc12. The molecular formula is C14H15ClFNO. The lowest BCUT2D eigenvalue weighted by atomic mass is 10.1. The molecule has 4 heteroatoms. The van der Waals surface area contributed by atoms with Crippen LogP contribution in [0.25, 0.3) is 10.9 Å². The van der Waals surface area contributed by atoms with Crippen LogP contribution in [0.4, 0.5) is 4.39 Å². The van der Waals surface area contributed by atoms with Crippen molar-refractivity contribution in [3.8, 4) is 0 Å². The van der Waals surface area contributed by atoms with Crippen LogP contribution in [0.3, 0.4) is 0 Å². The Morgan fingerprint density at radius 1 is 1.44 bits per heavy atom. The second-order valence-electron chi connectivity index (χ2n) is 4.86. The molecule has 0 aliphatic rings. The zero-order valence-corrected chi connectivity index (χ0v) is 11.4. The van der Waals surface area contributed by atoms with Crippen molar-refractivity contribution >= 4 is 28.3 Å². The summed E-state index contributed by atoms with van der Waals surface area (Å²) in [4.78, 5) is 11.7. The van der Waals surface area contributed by atoms with E-state index in [0.717, 1.165) is 0 Å². The quantitative estimate of drug-likeness (QED) is 0.760. The molecule has 0 amide bonds. The van der Waals surface area contributed by atoms with Gasteiger partial charge < -0.3 is 4.57 Å². The molecule has 18 heavy (non-hydrogen) atoms. The van der Waals surface area contributed by atoms with Crippen molar-refractivity contribution in [2.75, 3.05) is 0 Å². The van der Waals surface area contributed by atoms with Gasteiger partial charge in [0.15, 0.2) is 5.78 Å². The Bertz CT molecular complexity index is 616. The number of nitrogens with zero attached hydrogens (tertiary/aromatic N) is 1. The molecule has 2 nitrogen and oxygen atoms in total. The molecule has 1 heterocycles. The summed E-state index contributed by atoms with van der Waals surface area (Å²) in [6.07, 6.45) is 0. The van der Waals surface area contributed by atoms with Crippen molar-refractivity contribution in [3.63, 3.8) is 0 Å². The number of aromatic nitrogens is 1. The molecule has 0 radical (unpaired) electrons. The lowest BCUT2D eigenvalue weighted by molar-refractivity contribution is 0.101. The van der Waals surface area contributed by atoms with Crippen molar-refractivity contribution in [1.82, 2.24) is 4.57 Å². The number of benzene rings is 1. The van der Waals surface area contributed by atoms with E-state index in [4.69, 9.17) is 11.6 Å². The van der Waals surface area contributed by atoms with Crippen LogP contribution in [0.1, 0.15) is 31.1 Å². The Kier molecular flexibility index (Phi) is 3.44. The van der Waals surface area contributed by atoms with Crippen LogP contribution in [0.5, 0.6) is 0 Å². The largest absolute Gasteiger partial charge is 0.328 e. The maximum Gasteiger partial charge on any atom is 0.163 e. The van der Waals surface area contributed by atoms with Gasteiger partial charge in [0.1, 0.15) is 11.0 Å². The van der Waals surface area contributed by atoms with Gasteiger partial charge in [-0.1, -0.05) is 37.6 Å². The molecule has 1 aromatic heterocycles. The van der Waals surface area contributed by atoms with Crippen LogP contribution in [-0.2, 0) is 6.54 Å². The van der Waals surface area contributed by atoms with Crippen molar-refractivity contribution in [2.24, 2.45) is 5.92 Å². The van der Waals surface area contributed by atoms with E-state index in [1.165, 1.54) is 13.0 Å². The average Bonchev–Trinajstić information content (AvgIpc) is 2.52. The summed E-state index contributed by atoms with van der Waals surface area (Å²) in [6.45, 7) is 6.09. The molecule has 1 aromatic carbocycles. The summed E-state index contributed by atoms with van der Waals surface area (Å²) in [5.74, 6) is -0.168. The maximum atomic E-state index is 14.0. The number of ketones is 1. The van der Waals surface area contributed by atoms with Crippen LogP contribution < -0.4 is 0 Å². The Morgan fingerprint density at radius 3 is 2.67 bits per heavy atom. The van der Waals surface area contributed by atoms with Gasteiger partial charge in [0.2, 0.25) is 0 Å². The third-order valence-electron chi connectivity index (χ3n) is 2.87. The minimum atomic E-state index is -0.345. The molecule has 0 saturated carbocycles. The topological polar surface area (TPSA) is 22.0 Å². The second kappa shape index (κ2) is 4.73. The van der Waals surface area contributed by atoms with Crippen LogP contribution >= 0.6 is 11.6 Å². The summed E-state index contributed by atoms with van der Waals surface area (Å²) < 4.78 is 15.7. The molecule has 0 N–H and O–H groups in total. The molecule has 0 spiro atoms. The van der Waals surface area contributed by atoms with Gasteiger partial charge in [0, 0.05) is 11.9 Å². The smallest absolute Gasteiger partial charge is 0.163 e. The third kappa shape index (κ3) is 2.03. The first kappa shape index (κ1) is 13.1. The molecule has 0 bridgehead atoms. The zero-order valence-electron chi connectivity index (χ0n) is 10.6. The molecule has 0 aliphatic carbocycles. The van der Waals surface area contributed by atoms with Crippen molar-refractivity contribution < 1.29 is 9.18 Å². The van der Waals surface area contributed by atoms with Crippen LogP contribution in [0.15, 0.2) is 18.2 Å². The van der Waals surface area contributed by atoms with Crippen LogP contribution in [0.2, 0.25) is 5.15 Å². The number of hydrogen-bond donors (Lipinski definition) is 0. The maximum absolute atomic E-state index is 14.0. The fraction of sp³-hybridized carbons (Fsp3) is 0.357. The Morgan fingerprint density at radius 2 is 2.11 bits per heavy atom. The number of hydrogen-bond acceptors (Lipinski definition) is 1. The normalized spacial score (nSPS) is 11.4. The van der Waals surface area contributed by atoms with E-state index in [0.29, 0.717) is 34.1 Å². The number of halogens is 2. The summed E-state index contributed by atoms with van der Waals surface area (Å²) in [7, 11) is 0. The summed E-state index contributed by atoms with van der Waals surface area (Å²) in [5, 5.41) is 0.921. The van der Waals surface area contributed by atoms with Crippen molar-refractivity contribution in [2.45, 2.75) is 27.3 Å². The van der Waals surface area contributed by atoms with Gasteiger partial charge in [-0.3, -0.25) is 4.79 Å². The molecule has 96 valence electrons. The Labute approximate surface area is 110 Å². The minimum Gasteiger partial charge on any atom is -0.328 e. The summed E-state index contributed by atoms with van der Waals surface area (Å²) in [6, 6.07) is 4.72. The summed E-state index contributed by atoms with van der Waals surface area (Å²) in [5.41, 5.74) is 0.827. The predicted molar refractivity (Wildman–Crippen MR) is 71.7 cm³/mol. The van der Waals surface area contributed by atoms with Gasteiger partial charge in [0.05, 0.1) is 11.1 Å². The van der Waals surface area contributed by atoms with Crippen molar-refractivity contribution in [1.29, 1.82) is 0 Å². The first-order valence-electron chi connectivity index (χ1n) is 5.90. The number of carbonyl (C=O) groups excluding carboxylic acids is 1. The Balaban J connectivity index is 2.83. The lowest BCUT2D eigenvalue weighted by Crippen LogP contribution is -2.05. The molecule has 0 saturated heterocycles. The van der Waals surface area contributed by atoms with E-state index in [1.807, 2.05) is 13.8 Å². The van der Waals surface area contributed by atoms with E-state index in [2.05, 4.69) is 0 Å². The molecule has 2 rings (SSSR count). The zero-order chi connectivity index (χ0) is 13.4. The highest BCUT2D eigenvalue weighted by Crippen LogP contribution is 2.32. The molecule has 0 aliphatic heterocycles. The number of rotatable bonds is 3. The molecular weight excluding hydrogens is 253 g/mol. The number of Topliss-reactive ketones (excluding diaryl/α,β-unsaturated/α-hetero) is 1. The van der Waals surface area contributed by atoms with Gasteiger partial charge in [-0.25, -0.2) is 4.39 Å². The predicted octanol–water partition coefficient (Wildman–Crippen LogP) is 4.29. The number of carbonyl (C=O) groups is 1.